The molecule has 2 aliphatic heterocycles. The van der Waals surface area contributed by atoms with Crippen LogP contribution in [0.1, 0.15) is 31.0 Å². The Morgan fingerprint density at radius 3 is 3.00 bits per heavy atom. The summed E-state index contributed by atoms with van der Waals surface area (Å²) < 4.78 is 15.4. The summed E-state index contributed by atoms with van der Waals surface area (Å²) in [7, 11) is 2.00. The van der Waals surface area contributed by atoms with E-state index in [1.807, 2.05) is 7.05 Å². The van der Waals surface area contributed by atoms with Crippen LogP contribution >= 0.6 is 0 Å². The van der Waals surface area contributed by atoms with Crippen LogP contribution in [0, 0.1) is 5.82 Å². The van der Waals surface area contributed by atoms with Crippen molar-refractivity contribution in [1.82, 2.24) is 14.9 Å². The first-order valence-electron chi connectivity index (χ1n) is 6.60. The minimum atomic E-state index is -0.192. The van der Waals surface area contributed by atoms with Crippen molar-refractivity contribution in [3.8, 4) is 0 Å². The summed E-state index contributed by atoms with van der Waals surface area (Å²) in [6.07, 6.45) is 3.71. The van der Waals surface area contributed by atoms with Gasteiger partial charge >= 0.3 is 0 Å². The number of imidazole rings is 1. The van der Waals surface area contributed by atoms with Crippen LogP contribution in [0.4, 0.5) is 4.39 Å². The van der Waals surface area contributed by atoms with Gasteiger partial charge in [0, 0.05) is 25.0 Å². The summed E-state index contributed by atoms with van der Waals surface area (Å²) in [6.45, 7) is 0. The Balaban J connectivity index is 1.83. The van der Waals surface area contributed by atoms with E-state index < -0.39 is 0 Å². The maximum Gasteiger partial charge on any atom is 0.125 e. The van der Waals surface area contributed by atoms with Crippen molar-refractivity contribution >= 4 is 11.0 Å². The van der Waals surface area contributed by atoms with Gasteiger partial charge in [-0.1, -0.05) is 0 Å². The maximum absolute atomic E-state index is 13.3. The summed E-state index contributed by atoms with van der Waals surface area (Å²) in [6, 6.07) is 6.06. The second-order valence-corrected chi connectivity index (χ2v) is 5.55. The number of benzene rings is 1. The zero-order valence-electron chi connectivity index (χ0n) is 10.4. The van der Waals surface area contributed by atoms with Crippen LogP contribution in [0.15, 0.2) is 18.2 Å². The number of nitrogens with one attached hydrogen (secondary N) is 1. The van der Waals surface area contributed by atoms with E-state index in [1.165, 1.54) is 25.3 Å². The van der Waals surface area contributed by atoms with E-state index >= 15 is 0 Å². The van der Waals surface area contributed by atoms with Gasteiger partial charge in [0.25, 0.3) is 0 Å². The highest BCUT2D eigenvalue weighted by Gasteiger charge is 2.41. The Kier molecular flexibility index (Phi) is 2.07. The predicted molar refractivity (Wildman–Crippen MR) is 68.0 cm³/mol. The van der Waals surface area contributed by atoms with Crippen molar-refractivity contribution in [2.75, 3.05) is 0 Å². The number of aromatic nitrogens is 2. The molecule has 0 amide bonds. The summed E-state index contributed by atoms with van der Waals surface area (Å²) in [5.74, 6) is 1.41. The third-order valence-corrected chi connectivity index (χ3v) is 4.51. The van der Waals surface area contributed by atoms with Crippen molar-refractivity contribution in [3.63, 3.8) is 0 Å². The highest BCUT2D eigenvalue weighted by molar-refractivity contribution is 5.76. The molecule has 3 nitrogen and oxygen atoms in total. The van der Waals surface area contributed by atoms with E-state index in [2.05, 4.69) is 9.88 Å². The number of hydrogen-bond donors (Lipinski definition) is 1. The first kappa shape index (κ1) is 10.5. The lowest BCUT2D eigenvalue weighted by Gasteiger charge is -2.19. The van der Waals surface area contributed by atoms with E-state index in [-0.39, 0.29) is 5.82 Å². The predicted octanol–water partition coefficient (Wildman–Crippen LogP) is 2.32. The highest BCUT2D eigenvalue weighted by Crippen LogP contribution is 2.40. The first-order valence-corrected chi connectivity index (χ1v) is 6.60. The first-order chi connectivity index (χ1) is 8.72. The molecule has 1 aromatic carbocycles. The van der Waals surface area contributed by atoms with E-state index in [9.17, 15) is 4.39 Å². The third kappa shape index (κ3) is 1.35. The topological polar surface area (TPSA) is 29.9 Å². The number of rotatable bonds is 1. The molecule has 2 aromatic rings. The average Bonchev–Trinajstić information content (AvgIpc) is 3.04. The quantitative estimate of drug-likeness (QED) is 0.835. The molecule has 4 heteroatoms. The molecule has 18 heavy (non-hydrogen) atoms. The fourth-order valence-electron chi connectivity index (χ4n) is 3.62. The van der Waals surface area contributed by atoms with Crippen LogP contribution in [0.5, 0.6) is 0 Å². The van der Waals surface area contributed by atoms with Crippen molar-refractivity contribution in [2.45, 2.75) is 37.3 Å². The molecule has 4 rings (SSSR count). The van der Waals surface area contributed by atoms with Crippen LogP contribution in [-0.2, 0) is 7.05 Å². The van der Waals surface area contributed by atoms with Gasteiger partial charge in [-0.05, 0) is 37.5 Å². The van der Waals surface area contributed by atoms with Crippen molar-refractivity contribution in [2.24, 2.45) is 7.05 Å². The van der Waals surface area contributed by atoms with Crippen molar-refractivity contribution < 1.29 is 4.39 Å². The van der Waals surface area contributed by atoms with Crippen LogP contribution in [-0.4, -0.2) is 21.6 Å². The van der Waals surface area contributed by atoms with Gasteiger partial charge in [0.2, 0.25) is 0 Å². The van der Waals surface area contributed by atoms with E-state index in [1.54, 1.807) is 12.1 Å². The standard InChI is InChI=1S/C14H16FN3/c1-18-13-6-8(15)2-4-12(13)17-14(18)10-7-9-3-5-11(10)16-9/h2,4,6,9-11,16H,3,5,7H2,1H3. The average molecular weight is 245 g/mol. The number of halogens is 1. The summed E-state index contributed by atoms with van der Waals surface area (Å²) in [5.41, 5.74) is 1.80. The normalized spacial score (nSPS) is 30.4. The van der Waals surface area contributed by atoms with Gasteiger partial charge in [-0.3, -0.25) is 0 Å². The molecular weight excluding hydrogens is 229 g/mol. The van der Waals surface area contributed by atoms with Crippen LogP contribution in [0.2, 0.25) is 0 Å². The molecule has 94 valence electrons. The molecule has 0 aliphatic carbocycles. The maximum atomic E-state index is 13.3. The molecule has 3 atom stereocenters. The van der Waals surface area contributed by atoms with Gasteiger partial charge in [0.05, 0.1) is 11.0 Å². The smallest absolute Gasteiger partial charge is 0.125 e. The number of nitrogens with zero attached hydrogens (tertiary/aromatic N) is 2. The monoisotopic (exact) mass is 245 g/mol. The fraction of sp³-hybridized carbons (Fsp3) is 0.500. The third-order valence-electron chi connectivity index (χ3n) is 4.51. The summed E-state index contributed by atoms with van der Waals surface area (Å²) in [4.78, 5) is 4.71. The Bertz CT molecular complexity index is 619. The SMILES string of the molecule is Cn1c(C2CC3CCC2N3)nc2ccc(F)cc21. The fourth-order valence-corrected chi connectivity index (χ4v) is 3.62. The second-order valence-electron chi connectivity index (χ2n) is 5.55. The minimum absolute atomic E-state index is 0.192. The van der Waals surface area contributed by atoms with Gasteiger partial charge in [-0.15, -0.1) is 0 Å². The molecule has 0 radical (unpaired) electrons. The molecular formula is C14H16FN3. The van der Waals surface area contributed by atoms with Crippen LogP contribution in [0.3, 0.4) is 0 Å². The molecule has 3 heterocycles. The summed E-state index contributed by atoms with van der Waals surface area (Å²) >= 11 is 0. The number of hydrogen-bond acceptors (Lipinski definition) is 2. The molecule has 2 saturated heterocycles. The van der Waals surface area contributed by atoms with E-state index in [0.717, 1.165) is 16.9 Å². The lowest BCUT2D eigenvalue weighted by molar-refractivity contribution is 0.478. The zero-order valence-corrected chi connectivity index (χ0v) is 10.4. The highest BCUT2D eigenvalue weighted by atomic mass is 19.1. The van der Waals surface area contributed by atoms with Crippen molar-refractivity contribution in [3.05, 3.63) is 29.8 Å². The lowest BCUT2D eigenvalue weighted by atomic mass is 9.88. The zero-order chi connectivity index (χ0) is 12.3. The molecule has 2 aliphatic rings. The van der Waals surface area contributed by atoms with Gasteiger partial charge in [-0.2, -0.15) is 0 Å². The van der Waals surface area contributed by atoms with E-state index in [0.29, 0.717) is 18.0 Å². The Morgan fingerprint density at radius 1 is 1.39 bits per heavy atom. The van der Waals surface area contributed by atoms with Gasteiger partial charge in [-0.25, -0.2) is 9.37 Å². The second kappa shape index (κ2) is 3.54. The molecule has 1 aromatic heterocycles. The minimum Gasteiger partial charge on any atom is -0.331 e. The van der Waals surface area contributed by atoms with E-state index in [4.69, 9.17) is 4.98 Å². The molecule has 2 fully saturated rings. The number of fused-ring (bicyclic) bond motifs is 3. The molecule has 0 saturated carbocycles. The Labute approximate surface area is 105 Å². The lowest BCUT2D eigenvalue weighted by Crippen LogP contribution is -2.23. The number of aryl methyl sites for hydroxylation is 1. The van der Waals surface area contributed by atoms with Crippen molar-refractivity contribution in [1.29, 1.82) is 0 Å². The molecule has 0 spiro atoms. The molecule has 3 unspecified atom stereocenters. The van der Waals surface area contributed by atoms with Gasteiger partial charge in [0.1, 0.15) is 11.6 Å². The Hall–Kier alpha value is -1.42. The largest absolute Gasteiger partial charge is 0.331 e. The van der Waals surface area contributed by atoms with Crippen LogP contribution < -0.4 is 5.32 Å². The Morgan fingerprint density at radius 2 is 2.28 bits per heavy atom. The van der Waals surface area contributed by atoms with Gasteiger partial charge in [0.15, 0.2) is 0 Å². The molecule has 2 bridgehead atoms. The summed E-state index contributed by atoms with van der Waals surface area (Å²) in [5, 5.41) is 3.63. The van der Waals surface area contributed by atoms with Gasteiger partial charge < -0.3 is 9.88 Å². The molecule has 1 N–H and O–H groups in total. The van der Waals surface area contributed by atoms with Crippen LogP contribution in [0.25, 0.3) is 11.0 Å².